The number of benzene rings is 2. The monoisotopic (exact) mass is 403 g/mol. The van der Waals surface area contributed by atoms with Crippen LogP contribution in [0.3, 0.4) is 0 Å². The number of nitrogens with one attached hydrogen (secondary N) is 2. The van der Waals surface area contributed by atoms with Gasteiger partial charge in [-0.2, -0.15) is 0 Å². The second-order valence-electron chi connectivity index (χ2n) is 6.94. The summed E-state index contributed by atoms with van der Waals surface area (Å²) in [5.74, 6) is -0.476. The topological polar surface area (TPSA) is 84.2 Å². The second-order valence-corrected chi connectivity index (χ2v) is 6.94. The number of amides is 2. The van der Waals surface area contributed by atoms with E-state index in [1.165, 1.54) is 0 Å². The highest BCUT2D eigenvalue weighted by molar-refractivity contribution is 5.92. The summed E-state index contributed by atoms with van der Waals surface area (Å²) in [6.07, 6.45) is 0.793. The smallest absolute Gasteiger partial charge is 0.227 e. The minimum atomic E-state index is -0.354. The Balaban J connectivity index is 0.00000392. The zero-order chi connectivity index (χ0) is 19.8. The fraction of sp³-hybridized carbons (Fsp3) is 0.364. The third kappa shape index (κ3) is 6.66. The quantitative estimate of drug-likeness (QED) is 0.621. The van der Waals surface area contributed by atoms with E-state index in [0.29, 0.717) is 6.54 Å². The Hall–Kier alpha value is -2.37. The van der Waals surface area contributed by atoms with Gasteiger partial charge in [0.2, 0.25) is 11.8 Å². The van der Waals surface area contributed by atoms with Crippen LogP contribution in [0.15, 0.2) is 54.6 Å². The molecular weight excluding hydrogens is 374 g/mol. The Morgan fingerprint density at radius 2 is 1.68 bits per heavy atom. The molecule has 2 aromatic carbocycles. The van der Waals surface area contributed by atoms with Gasteiger partial charge >= 0.3 is 0 Å². The molecule has 2 aromatic rings. The minimum Gasteiger partial charge on any atom is -0.352 e. The van der Waals surface area contributed by atoms with Crippen LogP contribution >= 0.6 is 12.4 Å². The second kappa shape index (κ2) is 11.5. The van der Waals surface area contributed by atoms with Crippen molar-refractivity contribution in [3.8, 4) is 0 Å². The number of halogens is 1. The van der Waals surface area contributed by atoms with Gasteiger partial charge < -0.3 is 16.4 Å². The summed E-state index contributed by atoms with van der Waals surface area (Å²) in [6.45, 7) is 6.10. The molecule has 0 fully saturated rings. The molecule has 4 N–H and O–H groups in total. The van der Waals surface area contributed by atoms with E-state index in [1.807, 2.05) is 75.4 Å². The van der Waals surface area contributed by atoms with Crippen LogP contribution in [-0.2, 0) is 16.1 Å². The molecule has 0 aliphatic heterocycles. The van der Waals surface area contributed by atoms with Crippen LogP contribution in [0, 0.1) is 11.8 Å². The fourth-order valence-electron chi connectivity index (χ4n) is 2.69. The SMILES string of the molecule is CCC(C)C(=O)Nc1cccc(CNC(=O)C(C)C(N)c2ccccc2)c1.Cl. The summed E-state index contributed by atoms with van der Waals surface area (Å²) in [4.78, 5) is 24.5. The first-order valence-corrected chi connectivity index (χ1v) is 9.40. The Labute approximate surface area is 173 Å². The Morgan fingerprint density at radius 3 is 2.32 bits per heavy atom. The van der Waals surface area contributed by atoms with Gasteiger partial charge in [0.25, 0.3) is 0 Å². The van der Waals surface area contributed by atoms with Crippen molar-refractivity contribution in [2.24, 2.45) is 17.6 Å². The van der Waals surface area contributed by atoms with Gasteiger partial charge in [0.1, 0.15) is 0 Å². The molecule has 5 nitrogen and oxygen atoms in total. The molecule has 3 atom stereocenters. The lowest BCUT2D eigenvalue weighted by Crippen LogP contribution is -2.35. The van der Waals surface area contributed by atoms with Gasteiger partial charge in [0, 0.05) is 24.2 Å². The molecule has 0 heterocycles. The largest absolute Gasteiger partial charge is 0.352 e. The first kappa shape index (κ1) is 23.7. The molecule has 0 spiro atoms. The lowest BCUT2D eigenvalue weighted by molar-refractivity contribution is -0.125. The van der Waals surface area contributed by atoms with Gasteiger partial charge in [0.05, 0.1) is 5.92 Å². The van der Waals surface area contributed by atoms with Gasteiger partial charge in [-0.3, -0.25) is 9.59 Å². The number of carbonyl (C=O) groups excluding carboxylic acids is 2. The third-order valence-corrected chi connectivity index (χ3v) is 4.86. The summed E-state index contributed by atoms with van der Waals surface area (Å²) in [5, 5.41) is 5.84. The predicted molar refractivity (Wildman–Crippen MR) is 116 cm³/mol. The maximum atomic E-state index is 12.5. The highest BCUT2D eigenvalue weighted by Gasteiger charge is 2.21. The minimum absolute atomic E-state index is 0. The van der Waals surface area contributed by atoms with Gasteiger partial charge in [-0.1, -0.05) is 63.2 Å². The molecule has 152 valence electrons. The van der Waals surface area contributed by atoms with Crippen molar-refractivity contribution in [3.05, 3.63) is 65.7 Å². The first-order valence-electron chi connectivity index (χ1n) is 9.40. The summed E-state index contributed by atoms with van der Waals surface area (Å²) >= 11 is 0. The normalized spacial score (nSPS) is 13.6. The van der Waals surface area contributed by atoms with Crippen LogP contribution in [0.5, 0.6) is 0 Å². The van der Waals surface area contributed by atoms with Crippen molar-refractivity contribution in [1.29, 1.82) is 0 Å². The average Bonchev–Trinajstić information content (AvgIpc) is 2.71. The van der Waals surface area contributed by atoms with Crippen LogP contribution in [0.1, 0.15) is 44.4 Å². The number of anilines is 1. The zero-order valence-corrected chi connectivity index (χ0v) is 17.5. The molecule has 0 aliphatic rings. The number of rotatable bonds is 8. The number of nitrogens with two attached hydrogens (primary N) is 1. The molecule has 0 bridgehead atoms. The van der Waals surface area contributed by atoms with Crippen molar-refractivity contribution in [2.45, 2.75) is 39.8 Å². The van der Waals surface area contributed by atoms with E-state index in [-0.39, 0.29) is 42.1 Å². The van der Waals surface area contributed by atoms with Crippen LogP contribution in [-0.4, -0.2) is 11.8 Å². The zero-order valence-electron chi connectivity index (χ0n) is 16.6. The van der Waals surface area contributed by atoms with Crippen molar-refractivity contribution >= 4 is 29.9 Å². The van der Waals surface area contributed by atoms with E-state index in [0.717, 1.165) is 23.2 Å². The van der Waals surface area contributed by atoms with E-state index in [9.17, 15) is 9.59 Å². The molecule has 0 saturated heterocycles. The Bertz CT molecular complexity index is 767. The summed E-state index contributed by atoms with van der Waals surface area (Å²) in [6, 6.07) is 16.8. The van der Waals surface area contributed by atoms with Gasteiger partial charge in [-0.15, -0.1) is 12.4 Å². The maximum Gasteiger partial charge on any atom is 0.227 e. The van der Waals surface area contributed by atoms with E-state index in [2.05, 4.69) is 10.6 Å². The number of carbonyl (C=O) groups is 2. The summed E-state index contributed by atoms with van der Waals surface area (Å²) < 4.78 is 0. The average molecular weight is 404 g/mol. The van der Waals surface area contributed by atoms with Crippen molar-refractivity contribution < 1.29 is 9.59 Å². The van der Waals surface area contributed by atoms with Gasteiger partial charge in [0.15, 0.2) is 0 Å². The number of hydrogen-bond acceptors (Lipinski definition) is 3. The number of hydrogen-bond donors (Lipinski definition) is 3. The van der Waals surface area contributed by atoms with Crippen LogP contribution in [0.4, 0.5) is 5.69 Å². The van der Waals surface area contributed by atoms with Gasteiger partial charge in [-0.05, 0) is 29.7 Å². The Kier molecular flexibility index (Phi) is 9.69. The third-order valence-electron chi connectivity index (χ3n) is 4.86. The molecule has 0 aromatic heterocycles. The lowest BCUT2D eigenvalue weighted by Gasteiger charge is -2.20. The highest BCUT2D eigenvalue weighted by atomic mass is 35.5. The van der Waals surface area contributed by atoms with E-state index < -0.39 is 0 Å². The summed E-state index contributed by atoms with van der Waals surface area (Å²) in [7, 11) is 0. The van der Waals surface area contributed by atoms with Crippen LogP contribution in [0.2, 0.25) is 0 Å². The molecular formula is C22H30ClN3O2. The molecule has 2 amide bonds. The molecule has 0 radical (unpaired) electrons. The first-order chi connectivity index (χ1) is 12.9. The Morgan fingerprint density at radius 1 is 1.00 bits per heavy atom. The molecule has 0 saturated carbocycles. The molecule has 2 rings (SSSR count). The molecule has 3 unspecified atom stereocenters. The highest BCUT2D eigenvalue weighted by Crippen LogP contribution is 2.19. The van der Waals surface area contributed by atoms with E-state index in [1.54, 1.807) is 0 Å². The lowest BCUT2D eigenvalue weighted by atomic mass is 9.94. The molecule has 0 aliphatic carbocycles. The predicted octanol–water partition coefficient (Wildman–Crippen LogP) is 4.05. The van der Waals surface area contributed by atoms with E-state index in [4.69, 9.17) is 5.73 Å². The van der Waals surface area contributed by atoms with Crippen molar-refractivity contribution in [3.63, 3.8) is 0 Å². The maximum absolute atomic E-state index is 12.5. The van der Waals surface area contributed by atoms with Gasteiger partial charge in [-0.25, -0.2) is 0 Å². The summed E-state index contributed by atoms with van der Waals surface area (Å²) in [5.41, 5.74) is 8.82. The fourth-order valence-corrected chi connectivity index (χ4v) is 2.69. The molecule has 28 heavy (non-hydrogen) atoms. The van der Waals surface area contributed by atoms with E-state index >= 15 is 0 Å². The van der Waals surface area contributed by atoms with Crippen molar-refractivity contribution in [1.82, 2.24) is 5.32 Å². The van der Waals surface area contributed by atoms with Crippen molar-refractivity contribution in [2.75, 3.05) is 5.32 Å². The molecule has 6 heteroatoms. The standard InChI is InChI=1S/C22H29N3O2.ClH/c1-4-15(2)21(26)25-19-12-8-9-17(13-19)14-24-22(27)16(3)20(23)18-10-6-5-7-11-18;/h5-13,15-16,20H,4,14,23H2,1-3H3,(H,24,27)(H,25,26);1H. The van der Waals surface area contributed by atoms with Crippen LogP contribution < -0.4 is 16.4 Å². The van der Waals surface area contributed by atoms with Crippen LogP contribution in [0.25, 0.3) is 0 Å².